The summed E-state index contributed by atoms with van der Waals surface area (Å²) in [6.07, 6.45) is 3.82. The van der Waals surface area contributed by atoms with E-state index in [0.717, 1.165) is 17.8 Å². The molecule has 2 aromatic heterocycles. The van der Waals surface area contributed by atoms with Crippen LogP contribution in [0.1, 0.15) is 40.8 Å². The highest BCUT2D eigenvalue weighted by Gasteiger charge is 2.32. The van der Waals surface area contributed by atoms with Gasteiger partial charge in [0.05, 0.1) is 11.4 Å². The predicted octanol–water partition coefficient (Wildman–Crippen LogP) is 2.21. The van der Waals surface area contributed by atoms with Crippen LogP contribution in [-0.4, -0.2) is 54.5 Å². The third-order valence-electron chi connectivity index (χ3n) is 4.53. The molecule has 0 N–H and O–H groups in total. The number of rotatable bonds is 4. The van der Waals surface area contributed by atoms with Crippen LogP contribution in [0.2, 0.25) is 5.15 Å². The lowest BCUT2D eigenvalue weighted by Gasteiger charge is -2.26. The van der Waals surface area contributed by atoms with Crippen LogP contribution in [0.15, 0.2) is 12.1 Å². The van der Waals surface area contributed by atoms with E-state index in [1.165, 1.54) is 16.1 Å². The standard InChI is InChI=1S/C18H23ClN6O2/c1-5-23-15(11-12(2)20-23)18(27)25-10-6-9-24(25)16(26)8-7-14-13(3)21-22(4)17(14)19/h7-8,11H,5-6,9-10H2,1-4H3/b8-7+. The van der Waals surface area contributed by atoms with Gasteiger partial charge in [0, 0.05) is 38.3 Å². The van der Waals surface area contributed by atoms with Gasteiger partial charge in [-0.15, -0.1) is 0 Å². The third-order valence-corrected chi connectivity index (χ3v) is 4.98. The van der Waals surface area contributed by atoms with E-state index in [4.69, 9.17) is 11.6 Å². The smallest absolute Gasteiger partial charge is 0.268 e. The highest BCUT2D eigenvalue weighted by Crippen LogP contribution is 2.21. The molecule has 0 spiro atoms. The normalized spacial score (nSPS) is 14.6. The minimum absolute atomic E-state index is 0.215. The summed E-state index contributed by atoms with van der Waals surface area (Å²) in [7, 11) is 1.74. The lowest BCUT2D eigenvalue weighted by molar-refractivity contribution is -0.134. The zero-order valence-corrected chi connectivity index (χ0v) is 16.7. The lowest BCUT2D eigenvalue weighted by atomic mass is 10.2. The molecule has 2 amide bonds. The summed E-state index contributed by atoms with van der Waals surface area (Å²) >= 11 is 6.20. The first kappa shape index (κ1) is 19.2. The van der Waals surface area contributed by atoms with Crippen molar-refractivity contribution in [3.8, 4) is 0 Å². The second-order valence-corrected chi connectivity index (χ2v) is 6.83. The molecule has 1 saturated heterocycles. The summed E-state index contributed by atoms with van der Waals surface area (Å²) in [4.78, 5) is 25.7. The SMILES string of the molecule is CCn1nc(C)cc1C(=O)N1CCCN1C(=O)/C=C/c1c(C)nn(C)c1Cl. The molecular formula is C18H23ClN6O2. The second-order valence-electron chi connectivity index (χ2n) is 6.48. The summed E-state index contributed by atoms with van der Waals surface area (Å²) in [6.45, 7) is 7.19. The van der Waals surface area contributed by atoms with Crippen LogP contribution < -0.4 is 0 Å². The van der Waals surface area contributed by atoms with Crippen molar-refractivity contribution in [1.82, 2.24) is 29.6 Å². The highest BCUT2D eigenvalue weighted by molar-refractivity contribution is 6.31. The number of aryl methyl sites for hydroxylation is 4. The highest BCUT2D eigenvalue weighted by atomic mass is 35.5. The Labute approximate surface area is 163 Å². The van der Waals surface area contributed by atoms with Gasteiger partial charge >= 0.3 is 0 Å². The average Bonchev–Trinajstić information content (AvgIpc) is 3.32. The van der Waals surface area contributed by atoms with Gasteiger partial charge in [0.2, 0.25) is 0 Å². The molecule has 0 radical (unpaired) electrons. The zero-order valence-electron chi connectivity index (χ0n) is 15.9. The monoisotopic (exact) mass is 390 g/mol. The van der Waals surface area contributed by atoms with Crippen LogP contribution in [-0.2, 0) is 18.4 Å². The summed E-state index contributed by atoms with van der Waals surface area (Å²) in [5, 5.41) is 12.0. The van der Waals surface area contributed by atoms with E-state index in [0.29, 0.717) is 36.0 Å². The Kier molecular flexibility index (Phi) is 5.36. The van der Waals surface area contributed by atoms with Gasteiger partial charge in [-0.3, -0.25) is 19.0 Å². The van der Waals surface area contributed by atoms with Crippen molar-refractivity contribution in [3.05, 3.63) is 39.9 Å². The number of hydrazine groups is 1. The molecule has 0 saturated carbocycles. The minimum Gasteiger partial charge on any atom is -0.268 e. The zero-order chi connectivity index (χ0) is 19.7. The molecule has 0 aromatic carbocycles. The van der Waals surface area contributed by atoms with Crippen LogP contribution in [0.4, 0.5) is 0 Å². The molecular weight excluding hydrogens is 368 g/mol. The predicted molar refractivity (Wildman–Crippen MR) is 102 cm³/mol. The van der Waals surface area contributed by atoms with Crippen molar-refractivity contribution >= 4 is 29.5 Å². The number of aromatic nitrogens is 4. The molecule has 144 valence electrons. The van der Waals surface area contributed by atoms with Crippen molar-refractivity contribution < 1.29 is 9.59 Å². The Morgan fingerprint density at radius 3 is 2.56 bits per heavy atom. The fourth-order valence-corrected chi connectivity index (χ4v) is 3.46. The Bertz CT molecular complexity index is 913. The number of carbonyl (C=O) groups excluding carboxylic acids is 2. The van der Waals surface area contributed by atoms with Crippen LogP contribution in [0.3, 0.4) is 0 Å². The van der Waals surface area contributed by atoms with Gasteiger partial charge < -0.3 is 0 Å². The molecule has 0 atom stereocenters. The van der Waals surface area contributed by atoms with E-state index in [1.54, 1.807) is 28.6 Å². The van der Waals surface area contributed by atoms with Crippen molar-refractivity contribution in [2.24, 2.45) is 7.05 Å². The topological polar surface area (TPSA) is 76.3 Å². The molecule has 0 bridgehead atoms. The molecule has 3 heterocycles. The molecule has 2 aromatic rings. The van der Waals surface area contributed by atoms with Gasteiger partial charge in [-0.1, -0.05) is 11.6 Å². The summed E-state index contributed by atoms with van der Waals surface area (Å²) in [5.41, 5.74) is 2.70. The van der Waals surface area contributed by atoms with Crippen LogP contribution in [0, 0.1) is 13.8 Å². The minimum atomic E-state index is -0.264. The third kappa shape index (κ3) is 3.62. The van der Waals surface area contributed by atoms with Crippen LogP contribution in [0.5, 0.6) is 0 Å². The van der Waals surface area contributed by atoms with Crippen LogP contribution in [0.25, 0.3) is 6.08 Å². The maximum atomic E-state index is 13.0. The fraction of sp³-hybridized carbons (Fsp3) is 0.444. The maximum absolute atomic E-state index is 13.0. The van der Waals surface area contributed by atoms with Crippen molar-refractivity contribution in [1.29, 1.82) is 0 Å². The first-order chi connectivity index (χ1) is 12.8. The first-order valence-electron chi connectivity index (χ1n) is 8.88. The largest absolute Gasteiger partial charge is 0.290 e. The van der Waals surface area contributed by atoms with Crippen molar-refractivity contribution in [2.45, 2.75) is 33.7 Å². The Morgan fingerprint density at radius 2 is 1.93 bits per heavy atom. The number of amides is 2. The molecule has 3 rings (SSSR count). The number of hydrogen-bond donors (Lipinski definition) is 0. The first-order valence-corrected chi connectivity index (χ1v) is 9.26. The van der Waals surface area contributed by atoms with Crippen molar-refractivity contribution in [2.75, 3.05) is 13.1 Å². The fourth-order valence-electron chi connectivity index (χ4n) is 3.22. The Morgan fingerprint density at radius 1 is 1.22 bits per heavy atom. The van der Waals surface area contributed by atoms with E-state index < -0.39 is 0 Å². The van der Waals surface area contributed by atoms with Crippen LogP contribution >= 0.6 is 11.6 Å². The van der Waals surface area contributed by atoms with E-state index in [2.05, 4.69) is 10.2 Å². The molecule has 8 nitrogen and oxygen atoms in total. The van der Waals surface area contributed by atoms with Crippen molar-refractivity contribution in [3.63, 3.8) is 0 Å². The molecule has 9 heteroatoms. The number of hydrogen-bond acceptors (Lipinski definition) is 4. The molecule has 0 unspecified atom stereocenters. The lowest BCUT2D eigenvalue weighted by Crippen LogP contribution is -2.44. The molecule has 0 aliphatic carbocycles. The summed E-state index contributed by atoms with van der Waals surface area (Å²) in [5.74, 6) is -0.480. The average molecular weight is 391 g/mol. The maximum Gasteiger partial charge on any atom is 0.290 e. The molecule has 1 aliphatic rings. The summed E-state index contributed by atoms with van der Waals surface area (Å²) in [6, 6.07) is 1.75. The van der Waals surface area contributed by atoms with Gasteiger partial charge in [-0.2, -0.15) is 10.2 Å². The van der Waals surface area contributed by atoms with E-state index in [1.807, 2.05) is 20.8 Å². The summed E-state index contributed by atoms with van der Waals surface area (Å²) < 4.78 is 3.22. The molecule has 1 fully saturated rings. The van der Waals surface area contributed by atoms with E-state index in [9.17, 15) is 9.59 Å². The molecule has 27 heavy (non-hydrogen) atoms. The number of halogens is 1. The van der Waals surface area contributed by atoms with Gasteiger partial charge in [0.1, 0.15) is 10.8 Å². The quantitative estimate of drug-likeness (QED) is 0.750. The Balaban J connectivity index is 1.80. The van der Waals surface area contributed by atoms with Gasteiger partial charge in [0.25, 0.3) is 11.8 Å². The van der Waals surface area contributed by atoms with E-state index in [-0.39, 0.29) is 11.8 Å². The van der Waals surface area contributed by atoms with E-state index >= 15 is 0 Å². The Hall–Kier alpha value is -2.61. The second kappa shape index (κ2) is 7.56. The van der Waals surface area contributed by atoms with Gasteiger partial charge in [0.15, 0.2) is 0 Å². The number of carbonyl (C=O) groups is 2. The van der Waals surface area contributed by atoms with Gasteiger partial charge in [-0.25, -0.2) is 10.0 Å². The van der Waals surface area contributed by atoms with Gasteiger partial charge in [-0.05, 0) is 39.3 Å². The molecule has 1 aliphatic heterocycles. The number of nitrogens with zero attached hydrogens (tertiary/aromatic N) is 6.